The van der Waals surface area contributed by atoms with Crippen molar-refractivity contribution in [3.8, 4) is 0 Å². The quantitative estimate of drug-likeness (QED) is 0.634. The van der Waals surface area contributed by atoms with Crippen LogP contribution in [0.1, 0.15) is 21.1 Å². The summed E-state index contributed by atoms with van der Waals surface area (Å²) in [5, 5.41) is 0. The van der Waals surface area contributed by atoms with Crippen molar-refractivity contribution in [2.45, 2.75) is 13.5 Å². The van der Waals surface area contributed by atoms with Gasteiger partial charge < -0.3 is 10.3 Å². The van der Waals surface area contributed by atoms with E-state index in [0.717, 1.165) is 10.6 Å². The van der Waals surface area contributed by atoms with Crippen LogP contribution in [0.5, 0.6) is 0 Å². The predicted molar refractivity (Wildman–Crippen MR) is 72.5 cm³/mol. The third-order valence-electron chi connectivity index (χ3n) is 2.57. The Hall–Kier alpha value is -2.06. The fourth-order valence-corrected chi connectivity index (χ4v) is 2.33. The van der Waals surface area contributed by atoms with Crippen molar-refractivity contribution in [3.63, 3.8) is 0 Å². The van der Waals surface area contributed by atoms with Gasteiger partial charge in [0.15, 0.2) is 5.82 Å². The van der Waals surface area contributed by atoms with E-state index in [2.05, 4.69) is 20.4 Å². The predicted octanol–water partition coefficient (Wildman–Crippen LogP) is 0.799. The Morgan fingerprint density at radius 3 is 2.95 bits per heavy atom. The zero-order chi connectivity index (χ0) is 13.8. The summed E-state index contributed by atoms with van der Waals surface area (Å²) >= 11 is 1.52. The van der Waals surface area contributed by atoms with Crippen molar-refractivity contribution >= 4 is 23.1 Å². The number of thiazole rings is 1. The number of nitrogens with two attached hydrogens (primary N) is 1. The van der Waals surface area contributed by atoms with Gasteiger partial charge in [-0.05, 0) is 6.92 Å². The Balaban J connectivity index is 2.12. The molecule has 0 fully saturated rings. The lowest BCUT2D eigenvalue weighted by atomic mass is 10.3. The Morgan fingerprint density at radius 1 is 1.53 bits per heavy atom. The lowest BCUT2D eigenvalue weighted by molar-refractivity contribution is 0.0780. The van der Waals surface area contributed by atoms with Gasteiger partial charge in [0, 0.05) is 11.9 Å². The first-order chi connectivity index (χ1) is 9.11. The topological polar surface area (TPSA) is 97.0 Å². The summed E-state index contributed by atoms with van der Waals surface area (Å²) in [5.74, 6) is 5.38. The van der Waals surface area contributed by atoms with Gasteiger partial charge in [-0.2, -0.15) is 0 Å². The maximum absolute atomic E-state index is 12.2. The minimum Gasteiger partial charge on any atom is -0.335 e. The van der Waals surface area contributed by atoms with E-state index in [-0.39, 0.29) is 11.6 Å². The highest BCUT2D eigenvalue weighted by Crippen LogP contribution is 2.15. The molecule has 0 radical (unpaired) electrons. The largest absolute Gasteiger partial charge is 0.335 e. The summed E-state index contributed by atoms with van der Waals surface area (Å²) in [7, 11) is 1.71. The van der Waals surface area contributed by atoms with Crippen molar-refractivity contribution in [1.82, 2.24) is 19.9 Å². The standard InChI is InChI=1S/C11H14N6OS/c1-7-9(19-6-14-7)5-17(2)11(18)8-3-13-4-10(15-8)16-12/h3-4,6H,5,12H2,1-2H3,(H,15,16). The van der Waals surface area contributed by atoms with Gasteiger partial charge in [0.2, 0.25) is 0 Å². The molecule has 0 aromatic carbocycles. The number of hydrazine groups is 1. The fraction of sp³-hybridized carbons (Fsp3) is 0.273. The molecule has 19 heavy (non-hydrogen) atoms. The van der Waals surface area contributed by atoms with Crippen LogP contribution in [0.15, 0.2) is 17.9 Å². The molecule has 2 rings (SSSR count). The normalized spacial score (nSPS) is 10.3. The molecule has 8 heteroatoms. The Kier molecular flexibility index (Phi) is 4.03. The Bertz CT molecular complexity index is 584. The molecule has 0 bridgehead atoms. The van der Waals surface area contributed by atoms with Crippen LogP contribution < -0.4 is 11.3 Å². The smallest absolute Gasteiger partial charge is 0.274 e. The van der Waals surface area contributed by atoms with Crippen molar-refractivity contribution in [1.29, 1.82) is 0 Å². The number of nitrogen functional groups attached to an aromatic ring is 1. The third kappa shape index (κ3) is 3.04. The molecule has 7 nitrogen and oxygen atoms in total. The number of amides is 1. The number of aryl methyl sites for hydroxylation is 1. The van der Waals surface area contributed by atoms with E-state index in [1.165, 1.54) is 23.7 Å². The molecule has 0 aliphatic carbocycles. The van der Waals surface area contributed by atoms with E-state index in [0.29, 0.717) is 12.4 Å². The van der Waals surface area contributed by atoms with E-state index in [9.17, 15) is 4.79 Å². The van der Waals surface area contributed by atoms with Crippen LogP contribution in [-0.2, 0) is 6.54 Å². The second-order valence-corrected chi connectivity index (χ2v) is 4.90. The number of hydrogen-bond donors (Lipinski definition) is 2. The van der Waals surface area contributed by atoms with Crippen LogP contribution in [0, 0.1) is 6.92 Å². The van der Waals surface area contributed by atoms with Crippen molar-refractivity contribution in [2.24, 2.45) is 5.84 Å². The van der Waals surface area contributed by atoms with Gasteiger partial charge >= 0.3 is 0 Å². The molecule has 0 aliphatic rings. The number of nitrogens with one attached hydrogen (secondary N) is 1. The molecule has 0 saturated carbocycles. The van der Waals surface area contributed by atoms with Crippen molar-refractivity contribution in [2.75, 3.05) is 12.5 Å². The molecule has 2 aromatic heterocycles. The summed E-state index contributed by atoms with van der Waals surface area (Å²) in [6.07, 6.45) is 2.86. The molecule has 2 aromatic rings. The zero-order valence-electron chi connectivity index (χ0n) is 10.6. The summed E-state index contributed by atoms with van der Waals surface area (Å²) in [6, 6.07) is 0. The van der Waals surface area contributed by atoms with Crippen LogP contribution in [-0.4, -0.2) is 32.8 Å². The molecule has 0 unspecified atom stereocenters. The van der Waals surface area contributed by atoms with Gasteiger partial charge in [0.05, 0.1) is 30.1 Å². The monoisotopic (exact) mass is 278 g/mol. The molecular formula is C11H14N6OS. The van der Waals surface area contributed by atoms with Crippen LogP contribution in [0.4, 0.5) is 5.82 Å². The number of nitrogens with zero attached hydrogens (tertiary/aromatic N) is 4. The number of carbonyl (C=O) groups is 1. The van der Waals surface area contributed by atoms with Gasteiger partial charge in [0.25, 0.3) is 5.91 Å². The zero-order valence-corrected chi connectivity index (χ0v) is 11.4. The van der Waals surface area contributed by atoms with Gasteiger partial charge in [0.1, 0.15) is 5.69 Å². The van der Waals surface area contributed by atoms with Crippen LogP contribution >= 0.6 is 11.3 Å². The molecule has 2 heterocycles. The highest BCUT2D eigenvalue weighted by molar-refractivity contribution is 7.09. The fourth-order valence-electron chi connectivity index (χ4n) is 1.50. The summed E-state index contributed by atoms with van der Waals surface area (Å²) < 4.78 is 0. The second-order valence-electron chi connectivity index (χ2n) is 3.96. The van der Waals surface area contributed by atoms with E-state index >= 15 is 0 Å². The molecule has 0 aliphatic heterocycles. The Labute approximate surface area is 114 Å². The summed E-state index contributed by atoms with van der Waals surface area (Å²) in [5.41, 5.74) is 5.32. The van der Waals surface area contributed by atoms with Crippen LogP contribution in [0.3, 0.4) is 0 Å². The number of aromatic nitrogens is 3. The van der Waals surface area contributed by atoms with Crippen molar-refractivity contribution < 1.29 is 4.79 Å². The lowest BCUT2D eigenvalue weighted by Gasteiger charge is -2.16. The lowest BCUT2D eigenvalue weighted by Crippen LogP contribution is -2.27. The number of hydrogen-bond acceptors (Lipinski definition) is 7. The summed E-state index contributed by atoms with van der Waals surface area (Å²) in [6.45, 7) is 2.42. The molecule has 0 saturated heterocycles. The SMILES string of the molecule is Cc1ncsc1CN(C)C(=O)c1cncc(NN)n1. The van der Waals surface area contributed by atoms with Crippen molar-refractivity contribution in [3.05, 3.63) is 34.2 Å². The first kappa shape index (κ1) is 13.4. The minimum absolute atomic E-state index is 0.211. The molecule has 1 amide bonds. The van der Waals surface area contributed by atoms with Gasteiger partial charge in [-0.25, -0.2) is 15.8 Å². The van der Waals surface area contributed by atoms with E-state index < -0.39 is 0 Å². The van der Waals surface area contributed by atoms with E-state index in [1.54, 1.807) is 17.5 Å². The number of carbonyl (C=O) groups excluding carboxylic acids is 1. The minimum atomic E-state index is -0.211. The molecule has 3 N–H and O–H groups in total. The molecule has 0 spiro atoms. The number of anilines is 1. The van der Waals surface area contributed by atoms with Gasteiger partial charge in [-0.1, -0.05) is 0 Å². The maximum atomic E-state index is 12.2. The van der Waals surface area contributed by atoms with Crippen LogP contribution in [0.2, 0.25) is 0 Å². The van der Waals surface area contributed by atoms with E-state index in [4.69, 9.17) is 5.84 Å². The molecule has 100 valence electrons. The third-order valence-corrected chi connectivity index (χ3v) is 3.49. The average molecular weight is 278 g/mol. The Morgan fingerprint density at radius 2 is 2.32 bits per heavy atom. The highest BCUT2D eigenvalue weighted by Gasteiger charge is 2.16. The van der Waals surface area contributed by atoms with Crippen LogP contribution in [0.25, 0.3) is 0 Å². The summed E-state index contributed by atoms with van der Waals surface area (Å²) in [4.78, 5) is 26.9. The first-order valence-electron chi connectivity index (χ1n) is 5.55. The maximum Gasteiger partial charge on any atom is 0.274 e. The number of rotatable bonds is 4. The first-order valence-corrected chi connectivity index (χ1v) is 6.43. The molecule has 0 atom stereocenters. The average Bonchev–Trinajstić information content (AvgIpc) is 2.83. The molecular weight excluding hydrogens is 264 g/mol. The van der Waals surface area contributed by atoms with Gasteiger partial charge in [-0.3, -0.25) is 9.78 Å². The van der Waals surface area contributed by atoms with E-state index in [1.807, 2.05) is 6.92 Å². The second kappa shape index (κ2) is 5.72. The highest BCUT2D eigenvalue weighted by atomic mass is 32.1. The van der Waals surface area contributed by atoms with Gasteiger partial charge in [-0.15, -0.1) is 11.3 Å².